The number of hydrogen-bond acceptors (Lipinski definition) is 6. The molecule has 6 heteroatoms. The van der Waals surface area contributed by atoms with Crippen molar-refractivity contribution in [3.8, 4) is 23.0 Å². The third kappa shape index (κ3) is 4.92. The summed E-state index contributed by atoms with van der Waals surface area (Å²) in [5, 5.41) is 11.1. The van der Waals surface area contributed by atoms with Gasteiger partial charge in [-0.2, -0.15) is 0 Å². The minimum Gasteiger partial charge on any atom is -0.504 e. The van der Waals surface area contributed by atoms with Gasteiger partial charge in [0.25, 0.3) is 0 Å². The quantitative estimate of drug-likeness (QED) is 0.533. The molecule has 1 saturated heterocycles. The lowest BCUT2D eigenvalue weighted by atomic mass is 10.0. The van der Waals surface area contributed by atoms with Crippen molar-refractivity contribution in [1.29, 1.82) is 0 Å². The summed E-state index contributed by atoms with van der Waals surface area (Å²) in [6.45, 7) is 3.21. The monoisotopic (exact) mass is 448 g/mol. The van der Waals surface area contributed by atoms with E-state index in [2.05, 4.69) is 21.9 Å². The number of phenolic OH excluding ortho intramolecular Hbond substituents is 1. The predicted octanol–water partition coefficient (Wildman–Crippen LogP) is 4.82. The van der Waals surface area contributed by atoms with E-state index < -0.39 is 0 Å². The SMILES string of the molecule is COc1ccccc1CN1CCCN(Cc2ccccc2OC)C1c1cccc(OC)c1O. The summed E-state index contributed by atoms with van der Waals surface area (Å²) in [5.74, 6) is 2.40. The van der Waals surface area contributed by atoms with Crippen LogP contribution >= 0.6 is 0 Å². The Morgan fingerprint density at radius 1 is 0.697 bits per heavy atom. The van der Waals surface area contributed by atoms with Crippen molar-refractivity contribution >= 4 is 0 Å². The number of rotatable bonds is 8. The lowest BCUT2D eigenvalue weighted by Gasteiger charge is -2.44. The van der Waals surface area contributed by atoms with Crippen molar-refractivity contribution in [1.82, 2.24) is 9.80 Å². The Hall–Kier alpha value is -3.22. The Balaban J connectivity index is 1.74. The fourth-order valence-corrected chi connectivity index (χ4v) is 4.69. The number of benzene rings is 3. The van der Waals surface area contributed by atoms with Crippen LogP contribution in [0, 0.1) is 0 Å². The smallest absolute Gasteiger partial charge is 0.163 e. The summed E-state index contributed by atoms with van der Waals surface area (Å²) in [4.78, 5) is 4.79. The Morgan fingerprint density at radius 3 is 1.70 bits per heavy atom. The molecule has 3 aromatic carbocycles. The standard InChI is InChI=1S/C27H32N2O4/c1-31-23-13-6-4-10-20(23)18-28-16-9-17-29(19-21-11-5-7-14-24(21)32-2)27(28)22-12-8-15-25(33-3)26(22)30/h4-8,10-15,27,30H,9,16-19H2,1-3H3. The van der Waals surface area contributed by atoms with Crippen LogP contribution in [0.4, 0.5) is 0 Å². The maximum Gasteiger partial charge on any atom is 0.163 e. The molecule has 174 valence electrons. The van der Waals surface area contributed by atoms with E-state index in [-0.39, 0.29) is 11.9 Å². The third-order valence-corrected chi connectivity index (χ3v) is 6.24. The molecule has 1 aliphatic heterocycles. The maximum absolute atomic E-state index is 11.1. The third-order valence-electron chi connectivity index (χ3n) is 6.24. The first-order valence-corrected chi connectivity index (χ1v) is 11.2. The lowest BCUT2D eigenvalue weighted by Crippen LogP contribution is -2.47. The number of hydrogen-bond donors (Lipinski definition) is 1. The Kier molecular flexibility index (Phi) is 7.37. The zero-order valence-electron chi connectivity index (χ0n) is 19.5. The molecule has 0 unspecified atom stereocenters. The molecule has 4 rings (SSSR count). The van der Waals surface area contributed by atoms with Gasteiger partial charge in [-0.25, -0.2) is 0 Å². The molecule has 0 spiro atoms. The second-order valence-electron chi connectivity index (χ2n) is 8.19. The van der Waals surface area contributed by atoms with Crippen molar-refractivity contribution in [3.05, 3.63) is 83.4 Å². The van der Waals surface area contributed by atoms with Crippen LogP contribution in [-0.4, -0.2) is 49.3 Å². The molecule has 0 aliphatic carbocycles. The molecule has 1 aliphatic rings. The maximum atomic E-state index is 11.1. The van der Waals surface area contributed by atoms with Gasteiger partial charge < -0.3 is 19.3 Å². The average Bonchev–Trinajstić information content (AvgIpc) is 2.85. The summed E-state index contributed by atoms with van der Waals surface area (Å²) in [5.41, 5.74) is 3.07. The molecule has 0 saturated carbocycles. The second kappa shape index (κ2) is 10.6. The van der Waals surface area contributed by atoms with Crippen molar-refractivity contribution < 1.29 is 19.3 Å². The summed E-state index contributed by atoms with van der Waals surface area (Å²) >= 11 is 0. The summed E-state index contributed by atoms with van der Waals surface area (Å²) in [7, 11) is 4.99. The van der Waals surface area contributed by atoms with E-state index in [4.69, 9.17) is 14.2 Å². The van der Waals surface area contributed by atoms with Gasteiger partial charge in [0.2, 0.25) is 0 Å². The summed E-state index contributed by atoms with van der Waals surface area (Å²) in [6, 6.07) is 21.9. The lowest BCUT2D eigenvalue weighted by molar-refractivity contribution is -0.0112. The van der Waals surface area contributed by atoms with Crippen molar-refractivity contribution in [3.63, 3.8) is 0 Å². The first-order valence-electron chi connectivity index (χ1n) is 11.2. The Labute approximate surface area is 195 Å². The zero-order valence-corrected chi connectivity index (χ0v) is 19.5. The molecule has 1 N–H and O–H groups in total. The molecule has 0 radical (unpaired) electrons. The highest BCUT2D eigenvalue weighted by molar-refractivity contribution is 5.47. The van der Waals surface area contributed by atoms with Crippen LogP contribution in [0.1, 0.15) is 29.3 Å². The van der Waals surface area contributed by atoms with Crippen LogP contribution in [0.25, 0.3) is 0 Å². The van der Waals surface area contributed by atoms with Gasteiger partial charge in [0.05, 0.1) is 27.5 Å². The van der Waals surface area contributed by atoms with E-state index in [0.717, 1.165) is 47.7 Å². The number of nitrogens with zero attached hydrogens (tertiary/aromatic N) is 2. The number of para-hydroxylation sites is 3. The first kappa shape index (κ1) is 23.0. The van der Waals surface area contributed by atoms with Crippen molar-refractivity contribution in [2.45, 2.75) is 25.7 Å². The van der Waals surface area contributed by atoms with Crippen LogP contribution in [-0.2, 0) is 13.1 Å². The average molecular weight is 449 g/mol. The summed E-state index contributed by atoms with van der Waals surface area (Å²) < 4.78 is 16.7. The molecule has 0 atom stereocenters. The number of ether oxygens (including phenoxy) is 3. The minimum absolute atomic E-state index is 0.135. The van der Waals surface area contributed by atoms with Gasteiger partial charge in [-0.05, 0) is 24.6 Å². The van der Waals surface area contributed by atoms with Crippen LogP contribution in [0.15, 0.2) is 66.7 Å². The molecule has 0 aromatic heterocycles. The predicted molar refractivity (Wildman–Crippen MR) is 129 cm³/mol. The summed E-state index contributed by atoms with van der Waals surface area (Å²) in [6.07, 6.45) is 0.884. The number of methoxy groups -OCH3 is 3. The van der Waals surface area contributed by atoms with E-state index in [1.165, 1.54) is 0 Å². The van der Waals surface area contributed by atoms with Gasteiger partial charge in [-0.15, -0.1) is 0 Å². The first-order chi connectivity index (χ1) is 16.2. The largest absolute Gasteiger partial charge is 0.504 e. The van der Waals surface area contributed by atoms with E-state index in [1.807, 2.05) is 48.5 Å². The van der Waals surface area contributed by atoms with Crippen molar-refractivity contribution in [2.24, 2.45) is 0 Å². The molecule has 1 fully saturated rings. The topological polar surface area (TPSA) is 54.4 Å². The second-order valence-corrected chi connectivity index (χ2v) is 8.19. The zero-order chi connectivity index (χ0) is 23.2. The van der Waals surface area contributed by atoms with Gasteiger partial charge in [-0.3, -0.25) is 9.80 Å². The molecular formula is C27H32N2O4. The highest BCUT2D eigenvalue weighted by atomic mass is 16.5. The van der Waals surface area contributed by atoms with E-state index >= 15 is 0 Å². The Bertz CT molecular complexity index is 1010. The van der Waals surface area contributed by atoms with Crippen LogP contribution < -0.4 is 14.2 Å². The van der Waals surface area contributed by atoms with Crippen LogP contribution in [0.5, 0.6) is 23.0 Å². The van der Waals surface area contributed by atoms with Gasteiger partial charge >= 0.3 is 0 Å². The number of phenols is 1. The molecule has 0 bridgehead atoms. The van der Waals surface area contributed by atoms with Crippen LogP contribution in [0.3, 0.4) is 0 Å². The van der Waals surface area contributed by atoms with E-state index in [9.17, 15) is 5.11 Å². The molecule has 3 aromatic rings. The Morgan fingerprint density at radius 2 is 1.18 bits per heavy atom. The number of aromatic hydroxyl groups is 1. The molecule has 6 nitrogen and oxygen atoms in total. The van der Waals surface area contributed by atoms with Gasteiger partial charge in [0, 0.05) is 42.9 Å². The molecule has 0 amide bonds. The molecule has 33 heavy (non-hydrogen) atoms. The highest BCUT2D eigenvalue weighted by Crippen LogP contribution is 2.41. The van der Waals surface area contributed by atoms with Gasteiger partial charge in [0.1, 0.15) is 11.5 Å². The van der Waals surface area contributed by atoms with Gasteiger partial charge in [-0.1, -0.05) is 48.5 Å². The normalized spacial score (nSPS) is 15.4. The highest BCUT2D eigenvalue weighted by Gasteiger charge is 2.34. The fraction of sp³-hybridized carbons (Fsp3) is 0.333. The van der Waals surface area contributed by atoms with Gasteiger partial charge in [0.15, 0.2) is 11.5 Å². The van der Waals surface area contributed by atoms with E-state index in [0.29, 0.717) is 18.8 Å². The minimum atomic E-state index is -0.135. The fourth-order valence-electron chi connectivity index (χ4n) is 4.69. The van der Waals surface area contributed by atoms with Crippen LogP contribution in [0.2, 0.25) is 0 Å². The molecule has 1 heterocycles. The molecular weight excluding hydrogens is 416 g/mol. The van der Waals surface area contributed by atoms with E-state index in [1.54, 1.807) is 27.4 Å². The van der Waals surface area contributed by atoms with Crippen molar-refractivity contribution in [2.75, 3.05) is 34.4 Å².